The van der Waals surface area contributed by atoms with Crippen molar-refractivity contribution >= 4 is 27.6 Å². The molecule has 0 radical (unpaired) electrons. The van der Waals surface area contributed by atoms with Gasteiger partial charge < -0.3 is 5.11 Å². The largest absolute Gasteiger partial charge is 0.390 e. The highest BCUT2D eigenvalue weighted by Gasteiger charge is 2.17. The van der Waals surface area contributed by atoms with E-state index in [4.69, 9.17) is 0 Å². The lowest BCUT2D eigenvalue weighted by atomic mass is 10.1. The van der Waals surface area contributed by atoms with Crippen LogP contribution in [0.15, 0.2) is 42.0 Å². The van der Waals surface area contributed by atoms with Crippen LogP contribution < -0.4 is 0 Å². The third-order valence-corrected chi connectivity index (χ3v) is 5.13. The molecule has 0 saturated heterocycles. The van der Waals surface area contributed by atoms with Crippen molar-refractivity contribution in [1.82, 2.24) is 19.6 Å². The summed E-state index contributed by atoms with van der Waals surface area (Å²) >= 11 is 3.28. The van der Waals surface area contributed by atoms with E-state index in [-0.39, 0.29) is 6.61 Å². The number of aliphatic hydroxyl groups excluding tert-OH is 1. The number of hydrogen-bond acceptors (Lipinski definition) is 6. The van der Waals surface area contributed by atoms with E-state index in [9.17, 15) is 5.11 Å². The molecule has 1 N–H and O–H groups in total. The van der Waals surface area contributed by atoms with Crippen molar-refractivity contribution in [2.24, 2.45) is 0 Å². The Morgan fingerprint density at radius 2 is 2.05 bits per heavy atom. The van der Waals surface area contributed by atoms with Crippen LogP contribution in [0.5, 0.6) is 0 Å². The van der Waals surface area contributed by atoms with E-state index in [1.165, 1.54) is 4.88 Å². The third-order valence-electron chi connectivity index (χ3n) is 3.35. The predicted octanol–water partition coefficient (Wildman–Crippen LogP) is 3.00. The summed E-state index contributed by atoms with van der Waals surface area (Å²) in [5, 5.41) is 17.4. The summed E-state index contributed by atoms with van der Waals surface area (Å²) in [5.41, 5.74) is 2.43. The van der Waals surface area contributed by atoms with Gasteiger partial charge in [-0.05, 0) is 23.6 Å². The fourth-order valence-electron chi connectivity index (χ4n) is 2.35. The molecule has 0 spiro atoms. The monoisotopic (exact) mass is 328 g/mol. The van der Waals surface area contributed by atoms with E-state index in [1.807, 2.05) is 18.2 Å². The van der Waals surface area contributed by atoms with Crippen molar-refractivity contribution in [3.05, 3.63) is 57.6 Å². The molecule has 4 aromatic rings. The lowest BCUT2D eigenvalue weighted by molar-refractivity contribution is 0.275. The fourth-order valence-corrected chi connectivity index (χ4v) is 4.08. The number of thiophene rings is 1. The highest BCUT2D eigenvalue weighted by Crippen LogP contribution is 2.28. The Morgan fingerprint density at radius 1 is 1.18 bits per heavy atom. The first-order chi connectivity index (χ1) is 10.8. The Balaban J connectivity index is 1.77. The molecule has 110 valence electrons. The Bertz CT molecular complexity index is 897. The van der Waals surface area contributed by atoms with Crippen molar-refractivity contribution in [2.75, 3.05) is 0 Å². The smallest absolute Gasteiger partial charge is 0.213 e. The van der Waals surface area contributed by atoms with E-state index in [1.54, 1.807) is 39.6 Å². The van der Waals surface area contributed by atoms with Crippen LogP contribution in [-0.2, 0) is 13.0 Å². The normalized spacial score (nSPS) is 11.3. The number of aromatic nitrogens is 4. The number of pyridine rings is 1. The molecule has 4 rings (SSSR count). The summed E-state index contributed by atoms with van der Waals surface area (Å²) in [6.45, 7) is -0.0962. The lowest BCUT2D eigenvalue weighted by Crippen LogP contribution is -1.97. The lowest BCUT2D eigenvalue weighted by Gasteiger charge is -1.99. The number of hydrogen-bond donors (Lipinski definition) is 1. The molecule has 0 aliphatic carbocycles. The van der Waals surface area contributed by atoms with Crippen molar-refractivity contribution < 1.29 is 5.11 Å². The maximum absolute atomic E-state index is 9.72. The molecule has 0 atom stereocenters. The van der Waals surface area contributed by atoms with Gasteiger partial charge in [-0.15, -0.1) is 11.3 Å². The van der Waals surface area contributed by atoms with Gasteiger partial charge in [-0.1, -0.05) is 17.4 Å². The zero-order valence-electron chi connectivity index (χ0n) is 11.5. The van der Waals surface area contributed by atoms with Crippen molar-refractivity contribution in [3.8, 4) is 11.3 Å². The van der Waals surface area contributed by atoms with Gasteiger partial charge in [0.15, 0.2) is 0 Å². The van der Waals surface area contributed by atoms with Gasteiger partial charge in [-0.25, -0.2) is 9.50 Å². The first kappa shape index (κ1) is 13.6. The average Bonchev–Trinajstić information content (AvgIpc) is 3.24. The molecule has 0 fully saturated rings. The van der Waals surface area contributed by atoms with Crippen LogP contribution in [0.3, 0.4) is 0 Å². The van der Waals surface area contributed by atoms with Crippen molar-refractivity contribution in [2.45, 2.75) is 13.0 Å². The SMILES string of the molecule is OCc1c(-c2ccncc2)nc2sc(Cc3cccs3)nn12. The summed E-state index contributed by atoms with van der Waals surface area (Å²) in [6, 6.07) is 7.92. The molecule has 0 amide bonds. The number of aliphatic hydroxyl groups is 1. The summed E-state index contributed by atoms with van der Waals surface area (Å²) in [4.78, 5) is 10.7. The molecule has 5 nitrogen and oxygen atoms in total. The molecular formula is C15H12N4OS2. The van der Waals surface area contributed by atoms with Gasteiger partial charge in [0.05, 0.1) is 18.0 Å². The van der Waals surface area contributed by atoms with Gasteiger partial charge >= 0.3 is 0 Å². The molecule has 0 bridgehead atoms. The molecular weight excluding hydrogens is 316 g/mol. The summed E-state index contributed by atoms with van der Waals surface area (Å²) < 4.78 is 1.75. The maximum Gasteiger partial charge on any atom is 0.213 e. The van der Waals surface area contributed by atoms with Gasteiger partial charge in [0.25, 0.3) is 0 Å². The first-order valence-corrected chi connectivity index (χ1v) is 8.45. The van der Waals surface area contributed by atoms with E-state index >= 15 is 0 Å². The van der Waals surface area contributed by atoms with Crippen molar-refractivity contribution in [3.63, 3.8) is 0 Å². The second-order valence-corrected chi connectivity index (χ2v) is 6.82. The van der Waals surface area contributed by atoms with Gasteiger partial charge in [-0.3, -0.25) is 4.98 Å². The molecule has 0 unspecified atom stereocenters. The first-order valence-electron chi connectivity index (χ1n) is 6.76. The van der Waals surface area contributed by atoms with Gasteiger partial charge in [0, 0.05) is 29.3 Å². The highest BCUT2D eigenvalue weighted by atomic mass is 32.1. The molecule has 0 saturated carbocycles. The Labute approximate surface area is 134 Å². The van der Waals surface area contributed by atoms with Crippen LogP contribution in [0.2, 0.25) is 0 Å². The molecule has 7 heteroatoms. The zero-order valence-corrected chi connectivity index (χ0v) is 13.1. The predicted molar refractivity (Wildman–Crippen MR) is 87.1 cm³/mol. The molecule has 0 aliphatic heterocycles. The van der Waals surface area contributed by atoms with E-state index in [2.05, 4.69) is 26.5 Å². The van der Waals surface area contributed by atoms with Crippen molar-refractivity contribution in [1.29, 1.82) is 0 Å². The number of rotatable bonds is 4. The maximum atomic E-state index is 9.72. The van der Waals surface area contributed by atoms with Crippen LogP contribution in [0.4, 0.5) is 0 Å². The molecule has 4 heterocycles. The van der Waals surface area contributed by atoms with Crippen LogP contribution in [0, 0.1) is 0 Å². The number of nitrogens with zero attached hydrogens (tertiary/aromatic N) is 4. The molecule has 4 aromatic heterocycles. The summed E-state index contributed by atoms with van der Waals surface area (Å²) in [6.07, 6.45) is 4.25. The molecule has 22 heavy (non-hydrogen) atoms. The van der Waals surface area contributed by atoms with Crippen LogP contribution in [0.1, 0.15) is 15.6 Å². The number of imidazole rings is 1. The van der Waals surface area contributed by atoms with Gasteiger partial charge in [0.2, 0.25) is 4.96 Å². The third kappa shape index (κ3) is 2.33. The minimum absolute atomic E-state index is 0.0962. The zero-order chi connectivity index (χ0) is 14.9. The highest BCUT2D eigenvalue weighted by molar-refractivity contribution is 7.17. The van der Waals surface area contributed by atoms with Crippen LogP contribution >= 0.6 is 22.7 Å². The second kappa shape index (κ2) is 5.60. The van der Waals surface area contributed by atoms with Crippen LogP contribution in [0.25, 0.3) is 16.2 Å². The topological polar surface area (TPSA) is 63.3 Å². The fraction of sp³-hybridized carbons (Fsp3) is 0.133. The van der Waals surface area contributed by atoms with E-state index in [0.29, 0.717) is 0 Å². The van der Waals surface area contributed by atoms with Gasteiger partial charge in [-0.2, -0.15) is 5.10 Å². The van der Waals surface area contributed by atoms with E-state index in [0.717, 1.165) is 33.3 Å². The molecule has 0 aliphatic rings. The Hall–Kier alpha value is -2.09. The summed E-state index contributed by atoms with van der Waals surface area (Å²) in [5.74, 6) is 0. The standard InChI is InChI=1S/C15H12N4OS2/c20-9-12-14(10-3-5-16-6-4-10)17-15-19(12)18-13(22-15)8-11-2-1-7-21-11/h1-7,20H,8-9H2. The average molecular weight is 328 g/mol. The Kier molecular flexibility index (Phi) is 3.45. The second-order valence-electron chi connectivity index (χ2n) is 4.75. The van der Waals surface area contributed by atoms with Crippen LogP contribution in [-0.4, -0.2) is 24.7 Å². The quantitative estimate of drug-likeness (QED) is 0.625. The molecule has 0 aromatic carbocycles. The minimum Gasteiger partial charge on any atom is -0.390 e. The number of fused-ring (bicyclic) bond motifs is 1. The van der Waals surface area contributed by atoms with Gasteiger partial charge in [0.1, 0.15) is 5.01 Å². The summed E-state index contributed by atoms with van der Waals surface area (Å²) in [7, 11) is 0. The van der Waals surface area contributed by atoms with E-state index < -0.39 is 0 Å². The Morgan fingerprint density at radius 3 is 2.77 bits per heavy atom. The minimum atomic E-state index is -0.0962.